The highest BCUT2D eigenvalue weighted by Gasteiger charge is 2.61. The average molecular weight is 727 g/mol. The highest BCUT2D eigenvalue weighted by molar-refractivity contribution is 5.83. The van der Waals surface area contributed by atoms with Crippen molar-refractivity contribution >= 4 is 17.8 Å². The number of carbonyl (C=O) groups excluding carboxylic acids is 2. The number of aliphatic hydroxyl groups excluding tert-OH is 3. The third-order valence-corrected chi connectivity index (χ3v) is 14.7. The van der Waals surface area contributed by atoms with E-state index in [4.69, 9.17) is 9.47 Å². The van der Waals surface area contributed by atoms with Gasteiger partial charge in [0.05, 0.1) is 12.7 Å². The minimum atomic E-state index is -1.33. The molecule has 11 nitrogen and oxygen atoms in total. The topological polar surface area (TPSA) is 175 Å². The maximum absolute atomic E-state index is 13.0. The molecule has 6 rings (SSSR count). The van der Waals surface area contributed by atoms with Crippen LogP contribution in [0, 0.1) is 46.3 Å². The van der Waals surface area contributed by atoms with Gasteiger partial charge in [-0.15, -0.1) is 0 Å². The molecule has 1 aromatic rings. The zero-order valence-electron chi connectivity index (χ0n) is 31.4. The van der Waals surface area contributed by atoms with E-state index in [0.29, 0.717) is 41.9 Å². The summed E-state index contributed by atoms with van der Waals surface area (Å²) in [5.74, 6) is 1.86. The van der Waals surface area contributed by atoms with Crippen molar-refractivity contribution in [1.29, 1.82) is 0 Å². The monoisotopic (exact) mass is 726 g/mol. The van der Waals surface area contributed by atoms with Gasteiger partial charge in [-0.3, -0.25) is 9.59 Å². The van der Waals surface area contributed by atoms with Gasteiger partial charge in [0.25, 0.3) is 0 Å². The van der Waals surface area contributed by atoms with Crippen LogP contribution >= 0.6 is 0 Å². The lowest BCUT2D eigenvalue weighted by molar-refractivity contribution is -0.288. The van der Waals surface area contributed by atoms with E-state index in [1.54, 1.807) is 0 Å². The third kappa shape index (κ3) is 7.81. The van der Waals surface area contributed by atoms with Crippen molar-refractivity contribution in [1.82, 2.24) is 10.6 Å². The molecule has 0 radical (unpaired) electrons. The number of hydrogen-bond acceptors (Lipinski definition) is 8. The molecule has 0 aromatic heterocycles. The number of amides is 2. The Bertz CT molecular complexity index is 1410. The number of ether oxygens (including phenoxy) is 2. The molecule has 6 N–H and O–H groups in total. The smallest absolute Gasteiger partial charge is 0.326 e. The SMILES string of the molecule is CC(=O)N[C@H]1[C@H](O[C@@H]2CC[C@@]3(C)[C@H](CC[C@@H]4[C@@H]3CC[C@]3(C)[C@@H]([C@H](C)CCC(=O)N[C@@H](Cc5ccccc5)C(=O)O)CC[C@@H]43)C2)O[C@H](CO)[C@@H](O)[C@@H]1O. The third-order valence-electron chi connectivity index (χ3n) is 14.7. The van der Waals surface area contributed by atoms with E-state index in [-0.39, 0.29) is 35.2 Å². The number of fused-ring (bicyclic) bond motifs is 5. The van der Waals surface area contributed by atoms with E-state index >= 15 is 0 Å². The van der Waals surface area contributed by atoms with E-state index in [0.717, 1.165) is 37.7 Å². The van der Waals surface area contributed by atoms with E-state index < -0.39 is 49.3 Å². The van der Waals surface area contributed by atoms with Gasteiger partial charge in [0.2, 0.25) is 11.8 Å². The highest BCUT2D eigenvalue weighted by atomic mass is 16.7. The number of carbonyl (C=O) groups is 3. The standard InChI is InChI=1S/C41H62N2O9/c1-23(10-15-34(46)43-32(38(49)50)20-25-8-6-5-7-9-25)29-13-14-30-28-12-11-26-21-27(16-18-40(26,3)31(28)17-19-41(29,30)4)51-39-35(42-24(2)45)37(48)36(47)33(22-44)52-39/h5-9,23,26-33,35-37,39,44,47-48H,10-22H2,1-4H3,(H,42,45)(H,43,46)(H,49,50)/t23-,26-,27-,28+,29-,30+,31+,32+,33-,35-,36-,37-,39-,40+,41-/m1/s1. The van der Waals surface area contributed by atoms with Crippen LogP contribution in [0.3, 0.4) is 0 Å². The molecule has 4 aliphatic carbocycles. The van der Waals surface area contributed by atoms with Gasteiger partial charge < -0.3 is 40.5 Å². The largest absolute Gasteiger partial charge is 0.480 e. The van der Waals surface area contributed by atoms with Crippen LogP contribution in [0.1, 0.15) is 104 Å². The van der Waals surface area contributed by atoms with Crippen molar-refractivity contribution in [2.45, 2.75) is 148 Å². The summed E-state index contributed by atoms with van der Waals surface area (Å²) in [6.07, 6.45) is 6.58. The molecule has 15 atom stereocenters. The summed E-state index contributed by atoms with van der Waals surface area (Å²) in [6.45, 7) is 8.21. The van der Waals surface area contributed by atoms with Crippen LogP contribution in [0.5, 0.6) is 0 Å². The minimum Gasteiger partial charge on any atom is -0.480 e. The van der Waals surface area contributed by atoms with E-state index in [1.165, 1.54) is 39.0 Å². The number of aliphatic carboxylic acids is 1. The second-order valence-electron chi connectivity index (χ2n) is 17.5. The van der Waals surface area contributed by atoms with Crippen LogP contribution in [0.15, 0.2) is 30.3 Å². The molecular weight excluding hydrogens is 664 g/mol. The number of hydrogen-bond donors (Lipinski definition) is 6. The quantitative estimate of drug-likeness (QED) is 0.173. The summed E-state index contributed by atoms with van der Waals surface area (Å²) in [6, 6.07) is 7.55. The highest BCUT2D eigenvalue weighted by Crippen LogP contribution is 2.68. The molecule has 0 unspecified atom stereocenters. The Morgan fingerprint density at radius 2 is 1.67 bits per heavy atom. The van der Waals surface area contributed by atoms with Crippen molar-refractivity contribution in [2.24, 2.45) is 46.3 Å². The van der Waals surface area contributed by atoms with Gasteiger partial charge in [0.1, 0.15) is 30.4 Å². The summed E-state index contributed by atoms with van der Waals surface area (Å²) in [7, 11) is 0. The Morgan fingerprint density at radius 1 is 0.962 bits per heavy atom. The summed E-state index contributed by atoms with van der Waals surface area (Å²) in [5.41, 5.74) is 1.34. The van der Waals surface area contributed by atoms with Gasteiger partial charge in [-0.05, 0) is 116 Å². The van der Waals surface area contributed by atoms with E-state index in [1.807, 2.05) is 30.3 Å². The van der Waals surface area contributed by atoms with Crippen molar-refractivity contribution in [2.75, 3.05) is 6.61 Å². The van der Waals surface area contributed by atoms with Gasteiger partial charge in [-0.1, -0.05) is 51.1 Å². The molecule has 290 valence electrons. The molecule has 11 heteroatoms. The average Bonchev–Trinajstić information content (AvgIpc) is 3.47. The zero-order valence-corrected chi connectivity index (χ0v) is 31.4. The lowest BCUT2D eigenvalue weighted by atomic mass is 9.44. The van der Waals surface area contributed by atoms with Crippen LogP contribution in [0.25, 0.3) is 0 Å². The molecule has 1 aromatic carbocycles. The van der Waals surface area contributed by atoms with Crippen molar-refractivity contribution < 1.29 is 44.3 Å². The predicted molar refractivity (Wildman–Crippen MR) is 194 cm³/mol. The Balaban J connectivity index is 1.04. The van der Waals surface area contributed by atoms with Crippen molar-refractivity contribution in [3.63, 3.8) is 0 Å². The Labute approximate surface area is 308 Å². The second kappa shape index (κ2) is 16.0. The first-order valence-corrected chi connectivity index (χ1v) is 19.9. The Kier molecular flexibility index (Phi) is 12.1. The van der Waals surface area contributed by atoms with Gasteiger partial charge in [-0.2, -0.15) is 0 Å². The van der Waals surface area contributed by atoms with Crippen LogP contribution in [-0.4, -0.2) is 87.6 Å². The molecular formula is C41H62N2O9. The van der Waals surface area contributed by atoms with Crippen LogP contribution in [0.2, 0.25) is 0 Å². The molecule has 0 spiro atoms. The molecule has 5 fully saturated rings. The zero-order chi connectivity index (χ0) is 37.4. The van der Waals surface area contributed by atoms with Crippen LogP contribution in [0.4, 0.5) is 0 Å². The fourth-order valence-corrected chi connectivity index (χ4v) is 12.0. The first-order valence-electron chi connectivity index (χ1n) is 19.9. The number of aliphatic hydroxyl groups is 3. The summed E-state index contributed by atoms with van der Waals surface area (Å²) in [5, 5.41) is 46.2. The second-order valence-corrected chi connectivity index (χ2v) is 17.5. The van der Waals surface area contributed by atoms with Crippen molar-refractivity contribution in [3.8, 4) is 0 Å². The predicted octanol–water partition coefficient (Wildman–Crippen LogP) is 4.20. The maximum atomic E-state index is 13.0. The minimum absolute atomic E-state index is 0.107. The number of rotatable bonds is 12. The summed E-state index contributed by atoms with van der Waals surface area (Å²) in [4.78, 5) is 36.9. The number of benzene rings is 1. The molecule has 4 saturated carbocycles. The van der Waals surface area contributed by atoms with Gasteiger partial charge >= 0.3 is 5.97 Å². The molecule has 5 aliphatic rings. The maximum Gasteiger partial charge on any atom is 0.326 e. The molecule has 52 heavy (non-hydrogen) atoms. The number of nitrogens with one attached hydrogen (secondary N) is 2. The Hall–Kier alpha value is -2.57. The van der Waals surface area contributed by atoms with E-state index in [2.05, 4.69) is 31.4 Å². The molecule has 0 bridgehead atoms. The Morgan fingerprint density at radius 3 is 2.37 bits per heavy atom. The number of carboxylic acid groups (broad SMARTS) is 1. The molecule has 2 amide bonds. The molecule has 1 aliphatic heterocycles. The fourth-order valence-electron chi connectivity index (χ4n) is 12.0. The summed E-state index contributed by atoms with van der Waals surface area (Å²) < 4.78 is 12.4. The first-order chi connectivity index (χ1) is 24.7. The lowest BCUT2D eigenvalue weighted by Gasteiger charge is -2.61. The van der Waals surface area contributed by atoms with Gasteiger partial charge in [-0.25, -0.2) is 4.79 Å². The number of carboxylic acids is 1. The molecule has 1 heterocycles. The normalized spacial score (nSPS) is 41.1. The first kappa shape index (κ1) is 39.1. The fraction of sp³-hybridized carbons (Fsp3) is 0.780. The van der Waals surface area contributed by atoms with Crippen molar-refractivity contribution in [3.05, 3.63) is 35.9 Å². The van der Waals surface area contributed by atoms with Crippen LogP contribution < -0.4 is 10.6 Å². The lowest BCUT2D eigenvalue weighted by Crippen LogP contribution is -2.65. The van der Waals surface area contributed by atoms with Gasteiger partial charge in [0.15, 0.2) is 6.29 Å². The van der Waals surface area contributed by atoms with E-state index in [9.17, 15) is 34.8 Å². The summed E-state index contributed by atoms with van der Waals surface area (Å²) >= 11 is 0. The van der Waals surface area contributed by atoms with Crippen LogP contribution in [-0.2, 0) is 30.3 Å². The molecule has 1 saturated heterocycles. The van der Waals surface area contributed by atoms with Gasteiger partial charge in [0, 0.05) is 19.8 Å².